The molecule has 1 N–H and O–H groups in total. The van der Waals surface area contributed by atoms with Crippen LogP contribution in [-0.4, -0.2) is 10.7 Å². The van der Waals surface area contributed by atoms with Crippen molar-refractivity contribution in [1.29, 1.82) is 0 Å². The van der Waals surface area contributed by atoms with Crippen LogP contribution < -0.4 is 0 Å². The summed E-state index contributed by atoms with van der Waals surface area (Å²) in [6.07, 6.45) is 2.70. The molecule has 0 saturated carbocycles. The van der Waals surface area contributed by atoms with Crippen LogP contribution in [0.25, 0.3) is 0 Å². The molecule has 1 unspecified atom stereocenters. The van der Waals surface area contributed by atoms with Crippen molar-refractivity contribution in [2.45, 2.75) is 25.4 Å². The van der Waals surface area contributed by atoms with Gasteiger partial charge in [0.15, 0.2) is 0 Å². The molecule has 90 valence electrons. The summed E-state index contributed by atoms with van der Waals surface area (Å²) in [6, 6.07) is 11.2. The first kappa shape index (κ1) is 12.2. The average molecular weight is 251 g/mol. The maximum Gasteiger partial charge on any atom is 0.106 e. The number of aliphatic hydroxyl groups is 1. The molecule has 1 atom stereocenters. The Balaban J connectivity index is 2.03. The fourth-order valence-electron chi connectivity index (χ4n) is 1.89. The molecule has 2 rings (SSSR count). The van der Waals surface area contributed by atoms with Crippen molar-refractivity contribution in [2.75, 3.05) is 0 Å². The van der Waals surface area contributed by atoms with Crippen LogP contribution in [0, 0.1) is 0 Å². The molecule has 0 saturated heterocycles. The predicted octanol–water partition coefficient (Wildman–Crippen LogP) is 3.47. The van der Waals surface area contributed by atoms with E-state index in [1.54, 1.807) is 6.26 Å². The highest BCUT2D eigenvalue weighted by Gasteiger charge is 2.22. The maximum atomic E-state index is 10.3. The molecule has 0 fully saturated rings. The summed E-state index contributed by atoms with van der Waals surface area (Å²) in [4.78, 5) is 0. The highest BCUT2D eigenvalue weighted by atomic mass is 35.5. The van der Waals surface area contributed by atoms with E-state index in [4.69, 9.17) is 16.0 Å². The third-order valence-electron chi connectivity index (χ3n) is 2.63. The molecule has 0 radical (unpaired) electrons. The van der Waals surface area contributed by atoms with Crippen LogP contribution in [0.2, 0.25) is 5.02 Å². The molecule has 2 aromatic rings. The molecule has 0 amide bonds. The molecule has 1 heterocycles. The first-order valence-electron chi connectivity index (χ1n) is 5.54. The number of halogens is 1. The van der Waals surface area contributed by atoms with Crippen LogP contribution in [-0.2, 0) is 12.8 Å². The molecule has 0 spiro atoms. The van der Waals surface area contributed by atoms with Crippen molar-refractivity contribution in [3.63, 3.8) is 0 Å². The van der Waals surface area contributed by atoms with Gasteiger partial charge in [-0.25, -0.2) is 0 Å². The third-order valence-corrected chi connectivity index (χ3v) is 2.89. The van der Waals surface area contributed by atoms with Crippen molar-refractivity contribution < 1.29 is 9.52 Å². The predicted molar refractivity (Wildman–Crippen MR) is 68.2 cm³/mol. The lowest BCUT2D eigenvalue weighted by Gasteiger charge is -2.22. The Kier molecular flexibility index (Phi) is 3.55. The van der Waals surface area contributed by atoms with Crippen molar-refractivity contribution in [2.24, 2.45) is 0 Å². The van der Waals surface area contributed by atoms with Crippen LogP contribution in [0.3, 0.4) is 0 Å². The summed E-state index contributed by atoms with van der Waals surface area (Å²) < 4.78 is 5.25. The van der Waals surface area contributed by atoms with Crippen LogP contribution in [0.1, 0.15) is 18.2 Å². The summed E-state index contributed by atoms with van der Waals surface area (Å²) >= 11 is 5.82. The van der Waals surface area contributed by atoms with E-state index in [0.29, 0.717) is 17.9 Å². The summed E-state index contributed by atoms with van der Waals surface area (Å²) in [5.41, 5.74) is 0.247. The second kappa shape index (κ2) is 4.94. The summed E-state index contributed by atoms with van der Waals surface area (Å²) in [6.45, 7) is 1.81. The Hall–Kier alpha value is -1.25. The Morgan fingerprint density at radius 1 is 1.18 bits per heavy atom. The molecule has 17 heavy (non-hydrogen) atoms. The van der Waals surface area contributed by atoms with Gasteiger partial charge in [-0.3, -0.25) is 0 Å². The minimum absolute atomic E-state index is 0.503. The third kappa shape index (κ3) is 3.62. The SMILES string of the molecule is CC(O)(Cc1ccc(Cl)cc1)Cc1ccco1. The highest BCUT2D eigenvalue weighted by molar-refractivity contribution is 6.30. The monoisotopic (exact) mass is 250 g/mol. The molecular weight excluding hydrogens is 236 g/mol. The van der Waals surface area contributed by atoms with Gasteiger partial charge in [0.2, 0.25) is 0 Å². The van der Waals surface area contributed by atoms with Gasteiger partial charge in [0, 0.05) is 17.9 Å². The van der Waals surface area contributed by atoms with Crippen molar-refractivity contribution in [3.8, 4) is 0 Å². The second-order valence-corrected chi connectivity index (χ2v) is 4.99. The molecule has 0 bridgehead atoms. The fourth-order valence-corrected chi connectivity index (χ4v) is 2.02. The standard InChI is InChI=1S/C14H15ClO2/c1-14(16,10-13-3-2-8-17-13)9-11-4-6-12(15)7-5-11/h2-8,16H,9-10H2,1H3. The van der Waals surface area contributed by atoms with Crippen LogP contribution in [0.4, 0.5) is 0 Å². The molecule has 2 nitrogen and oxygen atoms in total. The van der Waals surface area contributed by atoms with E-state index in [0.717, 1.165) is 11.3 Å². The minimum atomic E-state index is -0.814. The lowest BCUT2D eigenvalue weighted by molar-refractivity contribution is 0.0555. The summed E-state index contributed by atoms with van der Waals surface area (Å²) in [7, 11) is 0. The van der Waals surface area contributed by atoms with Gasteiger partial charge in [-0.05, 0) is 36.8 Å². The highest BCUT2D eigenvalue weighted by Crippen LogP contribution is 2.20. The first-order valence-corrected chi connectivity index (χ1v) is 5.92. The van der Waals surface area contributed by atoms with Gasteiger partial charge in [-0.15, -0.1) is 0 Å². The van der Waals surface area contributed by atoms with Gasteiger partial charge in [-0.2, -0.15) is 0 Å². The molecule has 1 aromatic carbocycles. The topological polar surface area (TPSA) is 33.4 Å². The largest absolute Gasteiger partial charge is 0.469 e. The molecular formula is C14H15ClO2. The number of furan rings is 1. The smallest absolute Gasteiger partial charge is 0.106 e. The minimum Gasteiger partial charge on any atom is -0.469 e. The molecule has 3 heteroatoms. The summed E-state index contributed by atoms with van der Waals surface area (Å²) in [5, 5.41) is 11.0. The van der Waals surface area contributed by atoms with Gasteiger partial charge in [0.1, 0.15) is 5.76 Å². The molecule has 0 aliphatic heterocycles. The second-order valence-electron chi connectivity index (χ2n) is 4.56. The van der Waals surface area contributed by atoms with Crippen LogP contribution in [0.15, 0.2) is 47.1 Å². The van der Waals surface area contributed by atoms with Crippen molar-refractivity contribution in [1.82, 2.24) is 0 Å². The Bertz CT molecular complexity index is 457. The lowest BCUT2D eigenvalue weighted by Crippen LogP contribution is -2.29. The maximum absolute atomic E-state index is 10.3. The normalized spacial score (nSPS) is 14.5. The Morgan fingerprint density at radius 2 is 1.88 bits per heavy atom. The van der Waals surface area contributed by atoms with E-state index in [2.05, 4.69) is 0 Å². The number of hydrogen-bond donors (Lipinski definition) is 1. The number of benzene rings is 1. The fraction of sp³-hybridized carbons (Fsp3) is 0.286. The quantitative estimate of drug-likeness (QED) is 0.902. The average Bonchev–Trinajstić information content (AvgIpc) is 2.73. The Labute approximate surface area is 106 Å². The zero-order chi connectivity index (χ0) is 12.3. The van der Waals surface area contributed by atoms with Gasteiger partial charge in [-0.1, -0.05) is 23.7 Å². The molecule has 0 aliphatic carbocycles. The lowest BCUT2D eigenvalue weighted by atomic mass is 9.92. The van der Waals surface area contributed by atoms with Crippen LogP contribution >= 0.6 is 11.6 Å². The van der Waals surface area contributed by atoms with E-state index in [-0.39, 0.29) is 0 Å². The van der Waals surface area contributed by atoms with Gasteiger partial charge >= 0.3 is 0 Å². The molecule has 1 aromatic heterocycles. The van der Waals surface area contributed by atoms with E-state index in [9.17, 15) is 5.11 Å². The van der Waals surface area contributed by atoms with Gasteiger partial charge in [0.25, 0.3) is 0 Å². The zero-order valence-electron chi connectivity index (χ0n) is 9.69. The molecule has 0 aliphatic rings. The van der Waals surface area contributed by atoms with E-state index >= 15 is 0 Å². The van der Waals surface area contributed by atoms with Crippen LogP contribution in [0.5, 0.6) is 0 Å². The van der Waals surface area contributed by atoms with Gasteiger partial charge < -0.3 is 9.52 Å². The van der Waals surface area contributed by atoms with E-state index in [1.165, 1.54) is 0 Å². The zero-order valence-corrected chi connectivity index (χ0v) is 10.4. The van der Waals surface area contributed by atoms with Crippen molar-refractivity contribution in [3.05, 3.63) is 59.0 Å². The van der Waals surface area contributed by atoms with E-state index < -0.39 is 5.60 Å². The number of hydrogen-bond acceptors (Lipinski definition) is 2. The number of rotatable bonds is 4. The van der Waals surface area contributed by atoms with E-state index in [1.807, 2.05) is 43.3 Å². The van der Waals surface area contributed by atoms with Gasteiger partial charge in [0.05, 0.1) is 11.9 Å². The first-order chi connectivity index (χ1) is 8.05. The Morgan fingerprint density at radius 3 is 2.47 bits per heavy atom. The van der Waals surface area contributed by atoms with Crippen molar-refractivity contribution >= 4 is 11.6 Å². The summed E-state index contributed by atoms with van der Waals surface area (Å²) in [5.74, 6) is 0.795.